The lowest BCUT2D eigenvalue weighted by Gasteiger charge is -2.28. The van der Waals surface area contributed by atoms with Crippen LogP contribution >= 0.6 is 0 Å². The number of urea groups is 1. The lowest BCUT2D eigenvalue weighted by atomic mass is 10.4. The van der Waals surface area contributed by atoms with Gasteiger partial charge < -0.3 is 47.8 Å². The number of rotatable bonds is 23. The molecule has 0 saturated heterocycles. The van der Waals surface area contributed by atoms with E-state index in [-0.39, 0.29) is 6.03 Å². The van der Waals surface area contributed by atoms with E-state index < -0.39 is 17.6 Å². The maximum absolute atomic E-state index is 11.9. The highest BCUT2D eigenvalue weighted by molar-refractivity contribution is 6.61. The molecule has 0 aromatic heterocycles. The Morgan fingerprint density at radius 3 is 1.55 bits per heavy atom. The van der Waals surface area contributed by atoms with Gasteiger partial charge in [0.25, 0.3) is 0 Å². The largest absolute Gasteiger partial charge is 0.500 e. The van der Waals surface area contributed by atoms with Crippen LogP contribution in [0.15, 0.2) is 0 Å². The first kappa shape index (κ1) is 32.4. The topological polar surface area (TPSA) is 121 Å². The number of hydrogen-bond donors (Lipinski definition) is 4. The fourth-order valence-corrected chi connectivity index (χ4v) is 7.58. The summed E-state index contributed by atoms with van der Waals surface area (Å²) in [6.07, 6.45) is 1.67. The fourth-order valence-electron chi connectivity index (χ4n) is 3.25. The number of nitrogens with one attached hydrogen (secondary N) is 4. The normalized spacial score (nSPS) is 12.2. The molecule has 0 aromatic carbocycles. The molecule has 0 atom stereocenters. The highest BCUT2D eigenvalue weighted by Crippen LogP contribution is 2.17. The van der Waals surface area contributed by atoms with Gasteiger partial charge in [-0.25, -0.2) is 4.79 Å². The van der Waals surface area contributed by atoms with Crippen LogP contribution in [0.2, 0.25) is 12.1 Å². The van der Waals surface area contributed by atoms with Gasteiger partial charge in [-0.3, -0.25) is 0 Å². The Kier molecular flexibility index (Phi) is 20.3. The third-order valence-electron chi connectivity index (χ3n) is 4.87. The second-order valence-electron chi connectivity index (χ2n) is 7.17. The number of hydrogen-bond acceptors (Lipinski definition) is 9. The summed E-state index contributed by atoms with van der Waals surface area (Å²) in [7, 11) is -0.218. The summed E-state index contributed by atoms with van der Waals surface area (Å²) in [5.41, 5.74) is 0. The monoisotopic (exact) mass is 512 g/mol. The first-order valence-corrected chi connectivity index (χ1v) is 15.8. The molecular weight excluding hydrogens is 464 g/mol. The molecule has 198 valence electrons. The quantitative estimate of drug-likeness (QED) is 0.118. The number of amides is 2. The standard InChI is InChI=1S/C20H48N4O7Si2/c1-7-29-33(30-8-2,31-9-3)19-11-13-23-20(25)24-17-16-22-15-14-21-12-10-18-32(26-4,27-5)28-6/h21-22H,7-19H2,1-6H3,(H2,23,24,25). The molecule has 0 aliphatic rings. The zero-order valence-electron chi connectivity index (χ0n) is 21.6. The van der Waals surface area contributed by atoms with Gasteiger partial charge in [0.05, 0.1) is 0 Å². The molecule has 0 aliphatic carbocycles. The van der Waals surface area contributed by atoms with E-state index in [0.29, 0.717) is 45.5 Å². The minimum absolute atomic E-state index is 0.173. The maximum atomic E-state index is 11.9. The SMILES string of the molecule is CCO[Si](CCCNC(=O)NCCNCCNCCC[Si](OC)(OC)OC)(OCC)OCC. The molecule has 13 heteroatoms. The first-order chi connectivity index (χ1) is 16.0. The predicted molar refractivity (Wildman–Crippen MR) is 133 cm³/mol. The van der Waals surface area contributed by atoms with Crippen molar-refractivity contribution in [3.05, 3.63) is 0 Å². The van der Waals surface area contributed by atoms with Crippen LogP contribution in [0, 0.1) is 0 Å². The second kappa shape index (κ2) is 20.7. The van der Waals surface area contributed by atoms with Crippen molar-refractivity contribution in [1.82, 2.24) is 21.3 Å². The van der Waals surface area contributed by atoms with Crippen molar-refractivity contribution in [1.29, 1.82) is 0 Å². The number of carbonyl (C=O) groups excluding carboxylic acids is 1. The molecule has 4 N–H and O–H groups in total. The van der Waals surface area contributed by atoms with Gasteiger partial charge in [0.15, 0.2) is 0 Å². The summed E-state index contributed by atoms with van der Waals surface area (Å²) >= 11 is 0. The van der Waals surface area contributed by atoms with Crippen molar-refractivity contribution in [2.45, 2.75) is 45.7 Å². The minimum Gasteiger partial charge on any atom is -0.377 e. The van der Waals surface area contributed by atoms with Gasteiger partial charge in [0.2, 0.25) is 0 Å². The summed E-state index contributed by atoms with van der Waals surface area (Å²) in [4.78, 5) is 11.9. The maximum Gasteiger partial charge on any atom is 0.500 e. The lowest BCUT2D eigenvalue weighted by Crippen LogP contribution is -2.47. The zero-order chi connectivity index (χ0) is 24.8. The molecule has 0 radical (unpaired) electrons. The van der Waals surface area contributed by atoms with Crippen LogP contribution in [0.5, 0.6) is 0 Å². The van der Waals surface area contributed by atoms with Crippen molar-refractivity contribution in [3.8, 4) is 0 Å². The predicted octanol–water partition coefficient (Wildman–Crippen LogP) is 1.17. The second-order valence-corrected chi connectivity index (χ2v) is 13.0. The van der Waals surface area contributed by atoms with Gasteiger partial charge in [0.1, 0.15) is 0 Å². The Hall–Kier alpha value is -0.616. The molecule has 0 aromatic rings. The highest BCUT2D eigenvalue weighted by Gasteiger charge is 2.39. The Morgan fingerprint density at radius 1 is 0.606 bits per heavy atom. The van der Waals surface area contributed by atoms with Crippen LogP contribution in [0.1, 0.15) is 33.6 Å². The summed E-state index contributed by atoms with van der Waals surface area (Å²) in [6, 6.07) is 1.29. The first-order valence-electron chi connectivity index (χ1n) is 12.0. The van der Waals surface area contributed by atoms with Crippen LogP contribution in [0.4, 0.5) is 4.79 Å². The summed E-state index contributed by atoms with van der Waals surface area (Å²) in [5.74, 6) is 0. The van der Waals surface area contributed by atoms with Crippen LogP contribution in [-0.4, -0.2) is 104 Å². The Balaban J connectivity index is 3.75. The van der Waals surface area contributed by atoms with Gasteiger partial charge in [-0.15, -0.1) is 0 Å². The van der Waals surface area contributed by atoms with E-state index in [9.17, 15) is 4.79 Å². The van der Waals surface area contributed by atoms with E-state index in [1.54, 1.807) is 21.3 Å². The van der Waals surface area contributed by atoms with Gasteiger partial charge >= 0.3 is 23.6 Å². The summed E-state index contributed by atoms with van der Waals surface area (Å²) in [5, 5.41) is 12.4. The Morgan fingerprint density at radius 2 is 1.03 bits per heavy atom. The molecule has 0 rings (SSSR count). The molecule has 0 heterocycles. The van der Waals surface area contributed by atoms with Crippen molar-refractivity contribution in [2.24, 2.45) is 0 Å². The fraction of sp³-hybridized carbons (Fsp3) is 0.950. The highest BCUT2D eigenvalue weighted by atomic mass is 28.4. The number of carbonyl (C=O) groups is 1. The van der Waals surface area contributed by atoms with Crippen LogP contribution in [0.25, 0.3) is 0 Å². The summed E-state index contributed by atoms with van der Waals surface area (Å²) in [6.45, 7) is 11.8. The molecule has 0 fully saturated rings. The van der Waals surface area contributed by atoms with Crippen LogP contribution in [0.3, 0.4) is 0 Å². The molecule has 2 amide bonds. The van der Waals surface area contributed by atoms with Gasteiger partial charge in [0, 0.05) is 86.0 Å². The third-order valence-corrected chi connectivity index (χ3v) is 10.9. The van der Waals surface area contributed by atoms with Gasteiger partial charge in [-0.2, -0.15) is 0 Å². The minimum atomic E-state index is -2.64. The van der Waals surface area contributed by atoms with Crippen molar-refractivity contribution < 1.29 is 31.4 Å². The molecule has 11 nitrogen and oxygen atoms in total. The molecule has 0 aliphatic heterocycles. The Labute approximate surface area is 202 Å². The van der Waals surface area contributed by atoms with Gasteiger partial charge in [-0.05, 0) is 40.2 Å². The molecule has 0 spiro atoms. The van der Waals surface area contributed by atoms with E-state index in [1.807, 2.05) is 20.8 Å². The van der Waals surface area contributed by atoms with E-state index in [0.717, 1.165) is 38.5 Å². The molecule has 0 bridgehead atoms. The molecule has 33 heavy (non-hydrogen) atoms. The van der Waals surface area contributed by atoms with Gasteiger partial charge in [-0.1, -0.05) is 0 Å². The summed E-state index contributed by atoms with van der Waals surface area (Å²) < 4.78 is 33.7. The van der Waals surface area contributed by atoms with Crippen LogP contribution < -0.4 is 21.3 Å². The zero-order valence-corrected chi connectivity index (χ0v) is 23.6. The van der Waals surface area contributed by atoms with Crippen molar-refractivity contribution >= 4 is 23.6 Å². The van der Waals surface area contributed by atoms with Crippen LogP contribution in [-0.2, 0) is 26.6 Å². The van der Waals surface area contributed by atoms with E-state index in [1.165, 1.54) is 0 Å². The average Bonchev–Trinajstić information content (AvgIpc) is 2.81. The third kappa shape index (κ3) is 15.1. The molecular formula is C20H48N4O7Si2. The van der Waals surface area contributed by atoms with E-state index in [2.05, 4.69) is 21.3 Å². The van der Waals surface area contributed by atoms with E-state index in [4.69, 9.17) is 26.6 Å². The van der Waals surface area contributed by atoms with Crippen molar-refractivity contribution in [3.63, 3.8) is 0 Å². The Bertz CT molecular complexity index is 452. The molecule has 0 saturated carbocycles. The smallest absolute Gasteiger partial charge is 0.377 e. The van der Waals surface area contributed by atoms with E-state index >= 15 is 0 Å². The lowest BCUT2D eigenvalue weighted by molar-refractivity contribution is 0.0708. The van der Waals surface area contributed by atoms with Crippen molar-refractivity contribution in [2.75, 3.05) is 80.4 Å². The average molecular weight is 513 g/mol. The molecule has 0 unspecified atom stereocenters.